The maximum absolute atomic E-state index is 13.6. The largest absolute Gasteiger partial charge is 0.497 e. The van der Waals surface area contributed by atoms with Crippen LogP contribution in [-0.2, 0) is 13.0 Å². The Bertz CT molecular complexity index is 1110. The fourth-order valence-corrected chi connectivity index (χ4v) is 4.70. The van der Waals surface area contributed by atoms with E-state index < -0.39 is 5.91 Å². The second kappa shape index (κ2) is 8.23. The van der Waals surface area contributed by atoms with Crippen molar-refractivity contribution in [1.82, 2.24) is 14.9 Å². The third-order valence-corrected chi connectivity index (χ3v) is 6.36. The summed E-state index contributed by atoms with van der Waals surface area (Å²) in [6, 6.07) is 9.36. The lowest BCUT2D eigenvalue weighted by Crippen LogP contribution is -2.34. The SMILES string of the molecule is COc1ccc2c(c1)[C@H](N(Cc1cccnc1C(N)=O)C(=O)c1scnc1C)CC2. The highest BCUT2D eigenvalue weighted by molar-refractivity contribution is 7.11. The van der Waals surface area contributed by atoms with E-state index in [1.807, 2.05) is 25.1 Å². The number of carbonyl (C=O) groups is 2. The molecule has 30 heavy (non-hydrogen) atoms. The van der Waals surface area contributed by atoms with Gasteiger partial charge in [-0.15, -0.1) is 11.3 Å². The summed E-state index contributed by atoms with van der Waals surface area (Å²) in [4.78, 5) is 36.2. The number of carbonyl (C=O) groups excluding carboxylic acids is 2. The number of thiazole rings is 1. The van der Waals surface area contributed by atoms with Crippen LogP contribution in [0.15, 0.2) is 42.0 Å². The van der Waals surface area contributed by atoms with Gasteiger partial charge in [-0.05, 0) is 49.1 Å². The van der Waals surface area contributed by atoms with E-state index in [0.29, 0.717) is 16.1 Å². The van der Waals surface area contributed by atoms with Crippen molar-refractivity contribution in [2.24, 2.45) is 5.73 Å². The fourth-order valence-electron chi connectivity index (χ4n) is 3.94. The van der Waals surface area contributed by atoms with Crippen molar-refractivity contribution in [3.05, 3.63) is 75.0 Å². The summed E-state index contributed by atoms with van der Waals surface area (Å²) in [7, 11) is 1.63. The zero-order valence-corrected chi connectivity index (χ0v) is 17.6. The zero-order valence-electron chi connectivity index (χ0n) is 16.8. The number of nitrogens with zero attached hydrogens (tertiary/aromatic N) is 3. The quantitative estimate of drug-likeness (QED) is 0.657. The Hall–Kier alpha value is -3.26. The topological polar surface area (TPSA) is 98.4 Å². The van der Waals surface area contributed by atoms with Gasteiger partial charge in [0, 0.05) is 18.3 Å². The van der Waals surface area contributed by atoms with E-state index in [4.69, 9.17) is 10.5 Å². The highest BCUT2D eigenvalue weighted by Crippen LogP contribution is 2.39. The van der Waals surface area contributed by atoms with E-state index in [0.717, 1.165) is 24.2 Å². The molecule has 0 unspecified atom stereocenters. The molecule has 4 rings (SSSR count). The molecule has 0 radical (unpaired) electrons. The predicted molar refractivity (Wildman–Crippen MR) is 114 cm³/mol. The Morgan fingerprint density at radius 1 is 1.30 bits per heavy atom. The number of hydrogen-bond donors (Lipinski definition) is 1. The van der Waals surface area contributed by atoms with Gasteiger partial charge in [0.1, 0.15) is 16.3 Å². The molecular weight excluding hydrogens is 400 g/mol. The first kappa shape index (κ1) is 20.0. The number of pyridine rings is 1. The van der Waals surface area contributed by atoms with E-state index in [1.165, 1.54) is 23.1 Å². The van der Waals surface area contributed by atoms with Crippen LogP contribution in [0.4, 0.5) is 0 Å². The highest BCUT2D eigenvalue weighted by Gasteiger charge is 2.34. The molecule has 2 heterocycles. The molecule has 2 amide bonds. The minimum absolute atomic E-state index is 0.116. The smallest absolute Gasteiger partial charge is 0.267 e. The van der Waals surface area contributed by atoms with Crippen LogP contribution in [0.25, 0.3) is 0 Å². The Kier molecular flexibility index (Phi) is 5.50. The van der Waals surface area contributed by atoms with Crippen molar-refractivity contribution in [2.75, 3.05) is 7.11 Å². The van der Waals surface area contributed by atoms with Gasteiger partial charge in [0.2, 0.25) is 0 Å². The number of primary amides is 1. The second-order valence-electron chi connectivity index (χ2n) is 7.19. The van der Waals surface area contributed by atoms with Gasteiger partial charge >= 0.3 is 0 Å². The van der Waals surface area contributed by atoms with Gasteiger partial charge in [0.25, 0.3) is 11.8 Å². The molecule has 1 aliphatic rings. The number of benzene rings is 1. The third kappa shape index (κ3) is 3.66. The number of fused-ring (bicyclic) bond motifs is 1. The molecule has 7 nitrogen and oxygen atoms in total. The molecule has 1 atom stereocenters. The lowest BCUT2D eigenvalue weighted by atomic mass is 10.0. The predicted octanol–water partition coefficient (Wildman–Crippen LogP) is 3.28. The molecule has 0 saturated heterocycles. The van der Waals surface area contributed by atoms with Crippen LogP contribution in [0.5, 0.6) is 5.75 Å². The van der Waals surface area contributed by atoms with Gasteiger partial charge in [-0.1, -0.05) is 12.1 Å². The van der Waals surface area contributed by atoms with Gasteiger partial charge < -0.3 is 15.4 Å². The highest BCUT2D eigenvalue weighted by atomic mass is 32.1. The van der Waals surface area contributed by atoms with Gasteiger partial charge in [0.15, 0.2) is 0 Å². The number of nitrogens with two attached hydrogens (primary N) is 1. The van der Waals surface area contributed by atoms with Crippen molar-refractivity contribution in [3.63, 3.8) is 0 Å². The third-order valence-electron chi connectivity index (χ3n) is 5.44. The van der Waals surface area contributed by atoms with Crippen molar-refractivity contribution >= 4 is 23.2 Å². The lowest BCUT2D eigenvalue weighted by molar-refractivity contribution is 0.0659. The Morgan fingerprint density at radius 3 is 2.83 bits per heavy atom. The number of hydrogen-bond acceptors (Lipinski definition) is 6. The van der Waals surface area contributed by atoms with Gasteiger partial charge in [0.05, 0.1) is 24.4 Å². The van der Waals surface area contributed by atoms with Crippen LogP contribution in [0.2, 0.25) is 0 Å². The Balaban J connectivity index is 1.78. The second-order valence-corrected chi connectivity index (χ2v) is 8.05. The van der Waals surface area contributed by atoms with Crippen molar-refractivity contribution in [1.29, 1.82) is 0 Å². The molecule has 0 bridgehead atoms. The number of aromatic nitrogens is 2. The Morgan fingerprint density at radius 2 is 2.13 bits per heavy atom. The van der Waals surface area contributed by atoms with E-state index in [9.17, 15) is 9.59 Å². The average molecular weight is 423 g/mol. The summed E-state index contributed by atoms with van der Waals surface area (Å²) in [6.45, 7) is 2.05. The molecule has 1 aromatic carbocycles. The van der Waals surface area contributed by atoms with Crippen LogP contribution in [0.1, 0.15) is 55.0 Å². The van der Waals surface area contributed by atoms with E-state index in [-0.39, 0.29) is 24.2 Å². The minimum Gasteiger partial charge on any atom is -0.497 e. The first-order valence-corrected chi connectivity index (χ1v) is 10.5. The first-order valence-electron chi connectivity index (χ1n) is 9.61. The van der Waals surface area contributed by atoms with Crippen molar-refractivity contribution in [3.8, 4) is 5.75 Å². The Labute approximate surface area is 178 Å². The summed E-state index contributed by atoms with van der Waals surface area (Å²) in [5.41, 5.74) is 11.0. The summed E-state index contributed by atoms with van der Waals surface area (Å²) in [5, 5.41) is 0. The summed E-state index contributed by atoms with van der Waals surface area (Å²) >= 11 is 1.32. The summed E-state index contributed by atoms with van der Waals surface area (Å²) in [5.74, 6) is 0.0247. The van der Waals surface area contributed by atoms with Crippen LogP contribution in [0.3, 0.4) is 0 Å². The molecule has 3 aromatic rings. The molecule has 2 aromatic heterocycles. The molecular formula is C22H22N4O3S. The van der Waals surface area contributed by atoms with E-state index in [1.54, 1.807) is 29.7 Å². The average Bonchev–Trinajstić information content (AvgIpc) is 3.37. The molecule has 8 heteroatoms. The fraction of sp³-hybridized carbons (Fsp3) is 0.273. The standard InChI is InChI=1S/C22H22N4O3S/c1-13-20(30-12-25-13)22(28)26(11-15-4-3-9-24-19(15)21(23)27)18-8-6-14-5-7-16(29-2)10-17(14)18/h3-5,7,9-10,12,18H,6,8,11H2,1-2H3,(H2,23,27)/t18-/m1/s1. The minimum atomic E-state index is -0.611. The monoisotopic (exact) mass is 422 g/mol. The summed E-state index contributed by atoms with van der Waals surface area (Å²) < 4.78 is 5.41. The van der Waals surface area contributed by atoms with Crippen LogP contribution >= 0.6 is 11.3 Å². The van der Waals surface area contributed by atoms with Gasteiger partial charge in [-0.25, -0.2) is 4.98 Å². The summed E-state index contributed by atoms with van der Waals surface area (Å²) in [6.07, 6.45) is 3.18. The van der Waals surface area contributed by atoms with E-state index >= 15 is 0 Å². The van der Waals surface area contributed by atoms with Crippen LogP contribution < -0.4 is 10.5 Å². The number of aryl methyl sites for hydroxylation is 2. The molecule has 1 aliphatic carbocycles. The molecule has 0 spiro atoms. The molecule has 0 fully saturated rings. The normalized spacial score (nSPS) is 14.9. The van der Waals surface area contributed by atoms with Crippen molar-refractivity contribution < 1.29 is 14.3 Å². The molecule has 0 aliphatic heterocycles. The lowest BCUT2D eigenvalue weighted by Gasteiger charge is -2.30. The maximum Gasteiger partial charge on any atom is 0.267 e. The number of amides is 2. The van der Waals surface area contributed by atoms with Crippen LogP contribution in [-0.4, -0.2) is 33.8 Å². The molecule has 154 valence electrons. The molecule has 2 N–H and O–H groups in total. The van der Waals surface area contributed by atoms with E-state index in [2.05, 4.69) is 9.97 Å². The maximum atomic E-state index is 13.6. The number of rotatable bonds is 6. The number of methoxy groups -OCH3 is 1. The van der Waals surface area contributed by atoms with Crippen LogP contribution in [0, 0.1) is 6.92 Å². The number of ether oxygens (including phenoxy) is 1. The first-order chi connectivity index (χ1) is 14.5. The van der Waals surface area contributed by atoms with Gasteiger partial charge in [-0.3, -0.25) is 14.6 Å². The van der Waals surface area contributed by atoms with Gasteiger partial charge in [-0.2, -0.15) is 0 Å². The zero-order chi connectivity index (χ0) is 21.3. The molecule has 0 saturated carbocycles. The van der Waals surface area contributed by atoms with Crippen molar-refractivity contribution in [2.45, 2.75) is 32.4 Å².